The summed E-state index contributed by atoms with van der Waals surface area (Å²) >= 11 is 0. The van der Waals surface area contributed by atoms with Crippen LogP contribution in [0.4, 0.5) is 11.5 Å². The molecule has 1 unspecified atom stereocenters. The summed E-state index contributed by atoms with van der Waals surface area (Å²) < 4.78 is 0. The zero-order valence-corrected chi connectivity index (χ0v) is 16.1. The number of nitrogens with one attached hydrogen (secondary N) is 1. The Kier molecular flexibility index (Phi) is 5.55. The van der Waals surface area contributed by atoms with Crippen LogP contribution in [-0.2, 0) is 0 Å². The third-order valence-electron chi connectivity index (χ3n) is 4.87. The second kappa shape index (κ2) is 7.85. The van der Waals surface area contributed by atoms with Crippen LogP contribution in [0.25, 0.3) is 0 Å². The molecule has 1 aromatic heterocycles. The van der Waals surface area contributed by atoms with Crippen LogP contribution in [0, 0.1) is 12.8 Å². The Balaban J connectivity index is 1.76. The first kappa shape index (κ1) is 18.4. The number of hydrogen-bond acceptors (Lipinski definition) is 4. The smallest absolute Gasteiger partial charge is 0.274 e. The summed E-state index contributed by atoms with van der Waals surface area (Å²) in [6, 6.07) is 9.78. The summed E-state index contributed by atoms with van der Waals surface area (Å²) in [5.74, 6) is 2.40. The number of carbonyl (C=O) groups is 1. The van der Waals surface area contributed by atoms with Gasteiger partial charge < -0.3 is 10.2 Å². The van der Waals surface area contributed by atoms with Gasteiger partial charge in [-0.25, -0.2) is 9.97 Å². The maximum Gasteiger partial charge on any atom is 0.274 e. The molecule has 1 saturated heterocycles. The number of hydrogen-bond donors (Lipinski definition) is 1. The van der Waals surface area contributed by atoms with Crippen LogP contribution in [-0.4, -0.2) is 29.0 Å². The molecule has 138 valence electrons. The molecule has 1 amide bonds. The molecule has 1 N–H and O–H groups in total. The monoisotopic (exact) mass is 352 g/mol. The molecule has 1 aliphatic rings. The van der Waals surface area contributed by atoms with Gasteiger partial charge >= 0.3 is 0 Å². The zero-order chi connectivity index (χ0) is 18.7. The van der Waals surface area contributed by atoms with Crippen molar-refractivity contribution in [3.8, 4) is 0 Å². The summed E-state index contributed by atoms with van der Waals surface area (Å²) in [5.41, 5.74) is 2.45. The summed E-state index contributed by atoms with van der Waals surface area (Å²) in [5, 5.41) is 2.94. The summed E-state index contributed by atoms with van der Waals surface area (Å²) in [6.07, 6.45) is 2.41. The van der Waals surface area contributed by atoms with E-state index in [2.05, 4.69) is 41.0 Å². The Morgan fingerprint density at radius 3 is 2.62 bits per heavy atom. The maximum absolute atomic E-state index is 12.7. The van der Waals surface area contributed by atoms with Crippen molar-refractivity contribution in [2.45, 2.75) is 46.5 Å². The van der Waals surface area contributed by atoms with Gasteiger partial charge in [0.15, 0.2) is 0 Å². The van der Waals surface area contributed by atoms with Gasteiger partial charge in [-0.1, -0.05) is 32.9 Å². The minimum atomic E-state index is -0.195. The number of carbonyl (C=O) groups excluding carboxylic acids is 1. The first-order valence-corrected chi connectivity index (χ1v) is 9.44. The highest BCUT2D eigenvalue weighted by Crippen LogP contribution is 2.22. The average Bonchev–Trinajstić information content (AvgIpc) is 2.61. The van der Waals surface area contributed by atoms with Crippen LogP contribution in [0.1, 0.15) is 61.4 Å². The summed E-state index contributed by atoms with van der Waals surface area (Å²) in [7, 11) is 0. The van der Waals surface area contributed by atoms with Gasteiger partial charge in [0.1, 0.15) is 17.3 Å². The van der Waals surface area contributed by atoms with Crippen molar-refractivity contribution in [2.24, 2.45) is 5.92 Å². The van der Waals surface area contributed by atoms with Gasteiger partial charge in [-0.05, 0) is 49.3 Å². The molecule has 2 aromatic rings. The Morgan fingerprint density at radius 1 is 1.23 bits per heavy atom. The average molecular weight is 352 g/mol. The molecule has 2 heterocycles. The van der Waals surface area contributed by atoms with Crippen molar-refractivity contribution in [3.05, 3.63) is 47.4 Å². The molecular weight excluding hydrogens is 324 g/mol. The van der Waals surface area contributed by atoms with Crippen molar-refractivity contribution in [1.29, 1.82) is 0 Å². The van der Waals surface area contributed by atoms with E-state index in [1.165, 1.54) is 12.0 Å². The van der Waals surface area contributed by atoms with Crippen molar-refractivity contribution in [3.63, 3.8) is 0 Å². The highest BCUT2D eigenvalue weighted by atomic mass is 16.1. The highest BCUT2D eigenvalue weighted by Gasteiger charge is 2.20. The number of amides is 1. The molecule has 0 spiro atoms. The normalized spacial score (nSPS) is 17.4. The van der Waals surface area contributed by atoms with E-state index in [1.807, 2.05) is 37.3 Å². The number of piperidine rings is 1. The van der Waals surface area contributed by atoms with E-state index in [4.69, 9.17) is 0 Å². The fraction of sp³-hybridized carbons (Fsp3) is 0.476. The van der Waals surface area contributed by atoms with E-state index in [-0.39, 0.29) is 5.91 Å². The predicted molar refractivity (Wildman–Crippen MR) is 106 cm³/mol. The molecule has 3 rings (SSSR count). The molecule has 0 radical (unpaired) electrons. The molecule has 1 aliphatic heterocycles. The number of anilines is 2. The highest BCUT2D eigenvalue weighted by molar-refractivity contribution is 6.03. The minimum Gasteiger partial charge on any atom is -0.356 e. The Bertz CT molecular complexity index is 770. The molecule has 1 atom stereocenters. The molecule has 5 heteroatoms. The SMILES string of the molecule is Cc1nc(C(=O)Nc2ccc(C(C)C)cc2)cc(N2CCCC(C)C2)n1. The lowest BCUT2D eigenvalue weighted by Gasteiger charge is -2.32. The van der Waals surface area contributed by atoms with Crippen molar-refractivity contribution < 1.29 is 4.79 Å². The van der Waals surface area contributed by atoms with Crippen molar-refractivity contribution >= 4 is 17.4 Å². The third-order valence-corrected chi connectivity index (χ3v) is 4.87. The molecule has 0 saturated carbocycles. The molecular formula is C21H28N4O. The summed E-state index contributed by atoms with van der Waals surface area (Å²) in [4.78, 5) is 23.8. The first-order valence-electron chi connectivity index (χ1n) is 9.44. The Morgan fingerprint density at radius 2 is 1.96 bits per heavy atom. The number of aryl methyl sites for hydroxylation is 1. The maximum atomic E-state index is 12.7. The second-order valence-corrected chi connectivity index (χ2v) is 7.58. The lowest BCUT2D eigenvalue weighted by molar-refractivity contribution is 0.102. The van der Waals surface area contributed by atoms with Crippen LogP contribution in [0.3, 0.4) is 0 Å². The number of benzene rings is 1. The summed E-state index contributed by atoms with van der Waals surface area (Å²) in [6.45, 7) is 10.4. The van der Waals surface area contributed by atoms with Gasteiger partial charge in [0.25, 0.3) is 5.91 Å². The standard InChI is InChI=1S/C21H28N4O/c1-14(2)17-7-9-18(10-8-17)24-21(26)19-12-20(23-16(4)22-19)25-11-5-6-15(3)13-25/h7-10,12,14-15H,5-6,11,13H2,1-4H3,(H,24,26). The molecule has 0 aliphatic carbocycles. The van der Waals surface area contributed by atoms with Crippen LogP contribution < -0.4 is 10.2 Å². The molecule has 1 aromatic carbocycles. The van der Waals surface area contributed by atoms with Crippen molar-refractivity contribution in [2.75, 3.05) is 23.3 Å². The van der Waals surface area contributed by atoms with Crippen LogP contribution in [0.5, 0.6) is 0 Å². The van der Waals surface area contributed by atoms with Gasteiger partial charge in [-0.2, -0.15) is 0 Å². The molecule has 26 heavy (non-hydrogen) atoms. The molecule has 0 bridgehead atoms. The van der Waals surface area contributed by atoms with E-state index >= 15 is 0 Å². The fourth-order valence-corrected chi connectivity index (χ4v) is 3.37. The minimum absolute atomic E-state index is 0.195. The van der Waals surface area contributed by atoms with Crippen LogP contribution in [0.15, 0.2) is 30.3 Å². The van der Waals surface area contributed by atoms with Gasteiger partial charge in [-0.15, -0.1) is 0 Å². The Hall–Kier alpha value is -2.43. The largest absolute Gasteiger partial charge is 0.356 e. The van der Waals surface area contributed by atoms with E-state index in [1.54, 1.807) is 0 Å². The number of nitrogens with zero attached hydrogens (tertiary/aromatic N) is 3. The van der Waals surface area contributed by atoms with Crippen LogP contribution >= 0.6 is 0 Å². The zero-order valence-electron chi connectivity index (χ0n) is 16.1. The molecule has 1 fully saturated rings. The van der Waals surface area contributed by atoms with Gasteiger partial charge in [0.05, 0.1) is 0 Å². The van der Waals surface area contributed by atoms with E-state index in [0.717, 1.165) is 31.0 Å². The number of rotatable bonds is 4. The second-order valence-electron chi connectivity index (χ2n) is 7.58. The first-order chi connectivity index (χ1) is 12.4. The van der Waals surface area contributed by atoms with E-state index in [0.29, 0.717) is 23.4 Å². The lowest BCUT2D eigenvalue weighted by Crippen LogP contribution is -2.35. The van der Waals surface area contributed by atoms with Gasteiger partial charge in [0.2, 0.25) is 0 Å². The quantitative estimate of drug-likeness (QED) is 0.886. The predicted octanol–water partition coefficient (Wildman–Crippen LogP) is 4.40. The van der Waals surface area contributed by atoms with Gasteiger partial charge in [-0.3, -0.25) is 4.79 Å². The topological polar surface area (TPSA) is 58.1 Å². The lowest BCUT2D eigenvalue weighted by atomic mass is 10.0. The van der Waals surface area contributed by atoms with Crippen LogP contribution in [0.2, 0.25) is 0 Å². The fourth-order valence-electron chi connectivity index (χ4n) is 3.37. The van der Waals surface area contributed by atoms with Crippen molar-refractivity contribution in [1.82, 2.24) is 9.97 Å². The van der Waals surface area contributed by atoms with Gasteiger partial charge in [0, 0.05) is 24.8 Å². The number of aromatic nitrogens is 2. The van der Waals surface area contributed by atoms with E-state index in [9.17, 15) is 4.79 Å². The Labute approximate surface area is 155 Å². The third kappa shape index (κ3) is 4.40. The van der Waals surface area contributed by atoms with E-state index < -0.39 is 0 Å². The molecule has 5 nitrogen and oxygen atoms in total.